The fourth-order valence-electron chi connectivity index (χ4n) is 1.88. The van der Waals surface area contributed by atoms with E-state index in [-0.39, 0.29) is 5.75 Å². The Morgan fingerprint density at radius 1 is 1.40 bits per heavy atom. The summed E-state index contributed by atoms with van der Waals surface area (Å²) in [7, 11) is 1.80. The predicted octanol–water partition coefficient (Wildman–Crippen LogP) is 3.19. The minimum atomic E-state index is -0.753. The lowest BCUT2D eigenvalue weighted by Crippen LogP contribution is -2.08. The van der Waals surface area contributed by atoms with Gasteiger partial charge in [-0.15, -0.1) is 11.3 Å². The number of benzene rings is 1. The van der Waals surface area contributed by atoms with Gasteiger partial charge >= 0.3 is 0 Å². The van der Waals surface area contributed by atoms with Crippen molar-refractivity contribution in [3.8, 4) is 11.6 Å². The van der Waals surface area contributed by atoms with E-state index in [1.165, 1.54) is 17.4 Å². The van der Waals surface area contributed by atoms with Crippen LogP contribution in [0, 0.1) is 11.6 Å². The maximum atomic E-state index is 13.6. The van der Waals surface area contributed by atoms with Crippen molar-refractivity contribution in [3.63, 3.8) is 0 Å². The van der Waals surface area contributed by atoms with Crippen LogP contribution in [0.4, 0.5) is 8.78 Å². The molecule has 0 amide bonds. The van der Waals surface area contributed by atoms with Gasteiger partial charge in [0.05, 0.1) is 0 Å². The normalized spacial score (nSPS) is 11.2. The molecule has 104 valence electrons. The van der Waals surface area contributed by atoms with Crippen molar-refractivity contribution in [1.29, 1.82) is 0 Å². The second-order valence-electron chi connectivity index (χ2n) is 4.13. The number of halogens is 2. The molecule has 0 radical (unpaired) electrons. The van der Waals surface area contributed by atoms with Crippen LogP contribution in [0.5, 0.6) is 11.6 Å². The van der Waals surface area contributed by atoms with E-state index in [2.05, 4.69) is 10.3 Å². The molecule has 2 aromatic heterocycles. The van der Waals surface area contributed by atoms with E-state index in [4.69, 9.17) is 4.74 Å². The molecule has 0 unspecified atom stereocenters. The van der Waals surface area contributed by atoms with Gasteiger partial charge in [0.25, 0.3) is 0 Å². The average Bonchev–Trinajstić information content (AvgIpc) is 2.96. The number of fused-ring (bicyclic) bond motifs is 1. The summed E-state index contributed by atoms with van der Waals surface area (Å²) in [4.78, 5) is 5.07. The van der Waals surface area contributed by atoms with Crippen molar-refractivity contribution in [2.45, 2.75) is 6.54 Å². The van der Waals surface area contributed by atoms with Gasteiger partial charge in [-0.25, -0.2) is 8.78 Å². The van der Waals surface area contributed by atoms with E-state index in [1.54, 1.807) is 7.05 Å². The van der Waals surface area contributed by atoms with Crippen molar-refractivity contribution in [2.75, 3.05) is 7.05 Å². The van der Waals surface area contributed by atoms with E-state index in [0.717, 1.165) is 22.8 Å². The third-order valence-corrected chi connectivity index (χ3v) is 3.53. The molecule has 4 nitrogen and oxygen atoms in total. The third-order valence-electron chi connectivity index (χ3n) is 2.77. The summed E-state index contributed by atoms with van der Waals surface area (Å²) in [6, 6.07) is 3.18. The standard InChI is InChI=1S/C13H11F2N3OS/c1-16-7-10-12(17-13-18(10)4-5-20-13)19-11-3-2-8(14)6-9(11)15/h2-6,16H,7H2,1H3. The van der Waals surface area contributed by atoms with Crippen LogP contribution in [-0.2, 0) is 6.54 Å². The SMILES string of the molecule is CNCc1c(Oc2ccc(F)cc2F)nc2sccn12. The van der Waals surface area contributed by atoms with E-state index < -0.39 is 11.6 Å². The van der Waals surface area contributed by atoms with Crippen LogP contribution < -0.4 is 10.1 Å². The largest absolute Gasteiger partial charge is 0.434 e. The highest BCUT2D eigenvalue weighted by molar-refractivity contribution is 7.15. The van der Waals surface area contributed by atoms with Crippen LogP contribution in [0.25, 0.3) is 4.96 Å². The predicted molar refractivity (Wildman–Crippen MR) is 72.3 cm³/mol. The number of thiazole rings is 1. The molecule has 0 aliphatic carbocycles. The highest BCUT2D eigenvalue weighted by Gasteiger charge is 2.16. The van der Waals surface area contributed by atoms with Crippen LogP contribution in [0.2, 0.25) is 0 Å². The molecule has 0 atom stereocenters. The van der Waals surface area contributed by atoms with E-state index in [0.29, 0.717) is 12.4 Å². The summed E-state index contributed by atoms with van der Waals surface area (Å²) < 4.78 is 33.9. The molecule has 20 heavy (non-hydrogen) atoms. The summed E-state index contributed by atoms with van der Waals surface area (Å²) >= 11 is 1.46. The summed E-state index contributed by atoms with van der Waals surface area (Å²) in [6.07, 6.45) is 1.87. The zero-order valence-corrected chi connectivity index (χ0v) is 11.4. The van der Waals surface area contributed by atoms with Gasteiger partial charge in [0.1, 0.15) is 11.5 Å². The summed E-state index contributed by atoms with van der Waals surface area (Å²) in [5.74, 6) is -1.13. The molecule has 0 aliphatic heterocycles. The molecular formula is C13H11F2N3OS. The van der Waals surface area contributed by atoms with Gasteiger partial charge in [0, 0.05) is 24.2 Å². The fourth-order valence-corrected chi connectivity index (χ4v) is 2.61. The zero-order chi connectivity index (χ0) is 14.1. The second kappa shape index (κ2) is 5.18. The van der Waals surface area contributed by atoms with Gasteiger partial charge < -0.3 is 10.1 Å². The lowest BCUT2D eigenvalue weighted by atomic mass is 10.3. The number of nitrogens with zero attached hydrogens (tertiary/aromatic N) is 2. The smallest absolute Gasteiger partial charge is 0.243 e. The molecule has 3 rings (SSSR count). The molecule has 0 fully saturated rings. The van der Waals surface area contributed by atoms with Crippen molar-refractivity contribution in [1.82, 2.24) is 14.7 Å². The van der Waals surface area contributed by atoms with E-state index >= 15 is 0 Å². The second-order valence-corrected chi connectivity index (χ2v) is 5.00. The van der Waals surface area contributed by atoms with Crippen LogP contribution in [0.15, 0.2) is 29.8 Å². The Labute approximate surface area is 117 Å². The molecular weight excluding hydrogens is 284 g/mol. The molecule has 0 bridgehead atoms. The number of hydrogen-bond acceptors (Lipinski definition) is 4. The quantitative estimate of drug-likeness (QED) is 0.803. The Balaban J connectivity index is 2.01. The number of nitrogens with one attached hydrogen (secondary N) is 1. The van der Waals surface area contributed by atoms with Crippen LogP contribution in [0.3, 0.4) is 0 Å². The first-order valence-corrected chi connectivity index (χ1v) is 6.79. The van der Waals surface area contributed by atoms with Gasteiger partial charge in [-0.3, -0.25) is 4.40 Å². The number of imidazole rings is 1. The molecule has 1 aromatic carbocycles. The number of hydrogen-bond donors (Lipinski definition) is 1. The topological polar surface area (TPSA) is 38.6 Å². The highest BCUT2D eigenvalue weighted by Crippen LogP contribution is 2.29. The first kappa shape index (κ1) is 13.0. The van der Waals surface area contributed by atoms with Crippen LogP contribution >= 0.6 is 11.3 Å². The van der Waals surface area contributed by atoms with E-state index in [1.807, 2.05) is 16.0 Å². The maximum Gasteiger partial charge on any atom is 0.243 e. The Morgan fingerprint density at radius 3 is 3.00 bits per heavy atom. The maximum absolute atomic E-state index is 13.6. The summed E-state index contributed by atoms with van der Waals surface area (Å²) in [5.41, 5.74) is 0.785. The molecule has 3 aromatic rings. The molecule has 0 saturated carbocycles. The monoisotopic (exact) mass is 295 g/mol. The van der Waals surface area contributed by atoms with E-state index in [9.17, 15) is 8.78 Å². The summed E-state index contributed by atoms with van der Waals surface area (Å²) in [5, 5.41) is 4.92. The molecule has 2 heterocycles. The van der Waals surface area contributed by atoms with Gasteiger partial charge in [-0.1, -0.05) is 0 Å². The van der Waals surface area contributed by atoms with Gasteiger partial charge in [-0.2, -0.15) is 4.98 Å². The lowest BCUT2D eigenvalue weighted by molar-refractivity contribution is 0.420. The minimum absolute atomic E-state index is 0.0468. The van der Waals surface area contributed by atoms with Crippen molar-refractivity contribution >= 4 is 16.3 Å². The Morgan fingerprint density at radius 2 is 2.25 bits per heavy atom. The fraction of sp³-hybridized carbons (Fsp3) is 0.154. The number of ether oxygens (including phenoxy) is 1. The van der Waals surface area contributed by atoms with Crippen LogP contribution in [0.1, 0.15) is 5.69 Å². The highest BCUT2D eigenvalue weighted by atomic mass is 32.1. The molecule has 7 heteroatoms. The Kier molecular flexibility index (Phi) is 3.37. The molecule has 0 spiro atoms. The minimum Gasteiger partial charge on any atom is -0.434 e. The first-order valence-electron chi connectivity index (χ1n) is 5.91. The molecule has 0 saturated heterocycles. The van der Waals surface area contributed by atoms with Crippen LogP contribution in [-0.4, -0.2) is 16.4 Å². The Hall–Kier alpha value is -1.99. The average molecular weight is 295 g/mol. The molecule has 1 N–H and O–H groups in total. The van der Waals surface area contributed by atoms with Gasteiger partial charge in [-0.05, 0) is 19.2 Å². The molecule has 0 aliphatic rings. The van der Waals surface area contributed by atoms with Crippen molar-refractivity contribution in [2.24, 2.45) is 0 Å². The third kappa shape index (κ3) is 2.25. The summed E-state index contributed by atoms with van der Waals surface area (Å²) in [6.45, 7) is 0.524. The van der Waals surface area contributed by atoms with Gasteiger partial charge in [0.2, 0.25) is 5.88 Å². The van der Waals surface area contributed by atoms with Crippen molar-refractivity contribution in [3.05, 3.63) is 47.1 Å². The number of aromatic nitrogens is 2. The Bertz CT molecular complexity index is 753. The first-order chi connectivity index (χ1) is 9.69. The lowest BCUT2D eigenvalue weighted by Gasteiger charge is -2.06. The number of rotatable bonds is 4. The van der Waals surface area contributed by atoms with Gasteiger partial charge in [0.15, 0.2) is 16.5 Å². The van der Waals surface area contributed by atoms with Crippen molar-refractivity contribution < 1.29 is 13.5 Å². The zero-order valence-electron chi connectivity index (χ0n) is 10.6.